The maximum absolute atomic E-state index is 9.28. The molecule has 0 spiro atoms. The molecule has 1 heterocycles. The number of benzene rings is 2. The van der Waals surface area contributed by atoms with Crippen molar-refractivity contribution >= 4 is 11.4 Å². The zero-order valence-corrected chi connectivity index (χ0v) is 10.7. The zero-order valence-electron chi connectivity index (χ0n) is 10.7. The van der Waals surface area contributed by atoms with Crippen molar-refractivity contribution in [3.63, 3.8) is 0 Å². The first kappa shape index (κ1) is 11.9. The summed E-state index contributed by atoms with van der Waals surface area (Å²) in [6.45, 7) is 0.0695. The Bertz CT molecular complexity index is 572. The normalized spacial score (nSPS) is 16.9. The van der Waals surface area contributed by atoms with Crippen LogP contribution in [0.25, 0.3) is 0 Å². The lowest BCUT2D eigenvalue weighted by Crippen LogP contribution is -2.35. The Hall–Kier alpha value is -2.20. The second-order valence-electron chi connectivity index (χ2n) is 4.55. The zero-order chi connectivity index (χ0) is 13.2. The lowest BCUT2D eigenvalue weighted by atomic mass is 10.2. The van der Waals surface area contributed by atoms with Crippen LogP contribution in [0, 0.1) is 0 Å². The van der Waals surface area contributed by atoms with Crippen molar-refractivity contribution in [2.24, 2.45) is 0 Å². The minimum absolute atomic E-state index is 0.0676. The predicted octanol–water partition coefficient (Wildman–Crippen LogP) is 2.66. The number of likely N-dealkylation sites (N-methyl/N-ethyl adjacent to an activating group) is 1. The number of rotatable bonds is 3. The van der Waals surface area contributed by atoms with E-state index in [-0.39, 0.29) is 12.8 Å². The maximum atomic E-state index is 9.28. The van der Waals surface area contributed by atoms with E-state index in [4.69, 9.17) is 4.74 Å². The van der Waals surface area contributed by atoms with Gasteiger partial charge in [0, 0.05) is 13.1 Å². The van der Waals surface area contributed by atoms with Crippen LogP contribution in [0.15, 0.2) is 48.5 Å². The molecule has 3 rings (SSSR count). The first-order valence-electron chi connectivity index (χ1n) is 6.25. The fourth-order valence-corrected chi connectivity index (χ4v) is 2.23. The van der Waals surface area contributed by atoms with Crippen molar-refractivity contribution in [1.29, 1.82) is 0 Å². The second kappa shape index (κ2) is 4.82. The number of ether oxygens (including phenoxy) is 1. The van der Waals surface area contributed by atoms with E-state index in [0.29, 0.717) is 0 Å². The molecule has 1 aliphatic heterocycles. The minimum atomic E-state index is -0.0676. The molecule has 1 aliphatic rings. The smallest absolute Gasteiger partial charge is 0.129 e. The fraction of sp³-hybridized carbons (Fsp3) is 0.200. The number of nitrogens with one attached hydrogen (secondary N) is 1. The molecule has 0 fully saturated rings. The van der Waals surface area contributed by atoms with Crippen molar-refractivity contribution in [2.75, 3.05) is 23.9 Å². The van der Waals surface area contributed by atoms with Crippen molar-refractivity contribution in [3.8, 4) is 11.5 Å². The summed E-state index contributed by atoms with van der Waals surface area (Å²) >= 11 is 0. The van der Waals surface area contributed by atoms with Crippen molar-refractivity contribution in [3.05, 3.63) is 48.5 Å². The summed E-state index contributed by atoms with van der Waals surface area (Å²) in [5.41, 5.74) is 2.05. The third-order valence-corrected chi connectivity index (χ3v) is 3.29. The van der Waals surface area contributed by atoms with Crippen molar-refractivity contribution in [2.45, 2.75) is 6.17 Å². The lowest BCUT2D eigenvalue weighted by Gasteiger charge is -2.19. The molecular formula is C15H16N2O2. The summed E-state index contributed by atoms with van der Waals surface area (Å²) in [5.74, 6) is 1.60. The first-order valence-corrected chi connectivity index (χ1v) is 6.25. The van der Waals surface area contributed by atoms with Crippen LogP contribution in [0.1, 0.15) is 0 Å². The van der Waals surface area contributed by atoms with E-state index in [1.165, 1.54) is 0 Å². The number of nitrogens with zero attached hydrogens (tertiary/aromatic N) is 1. The molecule has 0 radical (unpaired) electrons. The third kappa shape index (κ3) is 2.22. The Morgan fingerprint density at radius 1 is 1.16 bits per heavy atom. The van der Waals surface area contributed by atoms with Crippen LogP contribution < -0.4 is 15.0 Å². The number of fused-ring (bicyclic) bond motifs is 1. The molecule has 0 aromatic heterocycles. The van der Waals surface area contributed by atoms with Gasteiger partial charge in [-0.2, -0.15) is 0 Å². The van der Waals surface area contributed by atoms with Gasteiger partial charge < -0.3 is 20.1 Å². The number of hydrogen-bond donors (Lipinski definition) is 2. The second-order valence-corrected chi connectivity index (χ2v) is 4.55. The molecular weight excluding hydrogens is 240 g/mol. The number of aliphatic hydroxyl groups excluding tert-OH is 1. The quantitative estimate of drug-likeness (QED) is 0.886. The van der Waals surface area contributed by atoms with E-state index in [1.807, 2.05) is 60.5 Å². The van der Waals surface area contributed by atoms with Gasteiger partial charge in [-0.05, 0) is 24.3 Å². The monoisotopic (exact) mass is 256 g/mol. The summed E-state index contributed by atoms with van der Waals surface area (Å²) in [7, 11) is 1.95. The van der Waals surface area contributed by atoms with Crippen LogP contribution in [-0.4, -0.2) is 24.9 Å². The topological polar surface area (TPSA) is 44.7 Å². The van der Waals surface area contributed by atoms with Crippen LogP contribution >= 0.6 is 0 Å². The highest BCUT2D eigenvalue weighted by Gasteiger charge is 2.25. The van der Waals surface area contributed by atoms with Crippen LogP contribution in [-0.2, 0) is 0 Å². The minimum Gasteiger partial charge on any atom is -0.457 e. The molecule has 4 heteroatoms. The Balaban J connectivity index is 1.85. The van der Waals surface area contributed by atoms with E-state index in [0.717, 1.165) is 22.9 Å². The van der Waals surface area contributed by atoms with Crippen LogP contribution in [0.2, 0.25) is 0 Å². The molecule has 0 bridgehead atoms. The number of aliphatic hydroxyl groups is 1. The van der Waals surface area contributed by atoms with Crippen LogP contribution in [0.4, 0.5) is 11.4 Å². The highest BCUT2D eigenvalue weighted by molar-refractivity contribution is 5.77. The van der Waals surface area contributed by atoms with E-state index in [9.17, 15) is 5.11 Å². The SMILES string of the molecule is CN1c2cc(Oc3ccccc3)ccc2NC1CO. The highest BCUT2D eigenvalue weighted by atomic mass is 16.5. The molecule has 2 aromatic rings. The first-order chi connectivity index (χ1) is 9.28. The Morgan fingerprint density at radius 2 is 1.95 bits per heavy atom. The third-order valence-electron chi connectivity index (χ3n) is 3.29. The van der Waals surface area contributed by atoms with Gasteiger partial charge in [-0.3, -0.25) is 0 Å². The molecule has 0 aliphatic carbocycles. The van der Waals surface area contributed by atoms with E-state index in [1.54, 1.807) is 0 Å². The van der Waals surface area contributed by atoms with Gasteiger partial charge in [0.1, 0.15) is 17.7 Å². The average molecular weight is 256 g/mol. The molecule has 0 saturated heterocycles. The van der Waals surface area contributed by atoms with Gasteiger partial charge in [-0.15, -0.1) is 0 Å². The summed E-state index contributed by atoms with van der Waals surface area (Å²) in [4.78, 5) is 2.01. The molecule has 19 heavy (non-hydrogen) atoms. The summed E-state index contributed by atoms with van der Waals surface area (Å²) in [6.07, 6.45) is -0.0676. The Labute approximate surface area is 112 Å². The van der Waals surface area contributed by atoms with Crippen LogP contribution in [0.3, 0.4) is 0 Å². The van der Waals surface area contributed by atoms with E-state index in [2.05, 4.69) is 5.32 Å². The van der Waals surface area contributed by atoms with Crippen molar-refractivity contribution in [1.82, 2.24) is 0 Å². The summed E-state index contributed by atoms with van der Waals surface area (Å²) in [5, 5.41) is 12.5. The van der Waals surface area contributed by atoms with Gasteiger partial charge >= 0.3 is 0 Å². The Morgan fingerprint density at radius 3 is 2.68 bits per heavy atom. The molecule has 0 amide bonds. The number of para-hydroxylation sites is 1. The largest absolute Gasteiger partial charge is 0.457 e. The van der Waals surface area contributed by atoms with Gasteiger partial charge in [-0.1, -0.05) is 18.2 Å². The predicted molar refractivity (Wildman–Crippen MR) is 75.9 cm³/mol. The average Bonchev–Trinajstić information content (AvgIpc) is 2.77. The summed E-state index contributed by atoms with van der Waals surface area (Å²) in [6, 6.07) is 15.6. The van der Waals surface area contributed by atoms with E-state index >= 15 is 0 Å². The van der Waals surface area contributed by atoms with Crippen LogP contribution in [0.5, 0.6) is 11.5 Å². The standard InChI is InChI=1S/C15H16N2O2/c1-17-14-9-12(19-11-5-3-2-4-6-11)7-8-13(14)16-15(17)10-18/h2-9,15-16,18H,10H2,1H3. The highest BCUT2D eigenvalue weighted by Crippen LogP contribution is 2.37. The molecule has 1 atom stereocenters. The maximum Gasteiger partial charge on any atom is 0.129 e. The molecule has 2 N–H and O–H groups in total. The molecule has 4 nitrogen and oxygen atoms in total. The van der Waals surface area contributed by atoms with Gasteiger partial charge in [0.2, 0.25) is 0 Å². The van der Waals surface area contributed by atoms with Gasteiger partial charge in [-0.25, -0.2) is 0 Å². The molecule has 98 valence electrons. The molecule has 0 saturated carbocycles. The lowest BCUT2D eigenvalue weighted by molar-refractivity contribution is 0.276. The van der Waals surface area contributed by atoms with Gasteiger partial charge in [0.25, 0.3) is 0 Å². The molecule has 1 unspecified atom stereocenters. The number of hydrogen-bond acceptors (Lipinski definition) is 4. The molecule has 2 aromatic carbocycles. The van der Waals surface area contributed by atoms with E-state index < -0.39 is 0 Å². The van der Waals surface area contributed by atoms with Gasteiger partial charge in [0.05, 0.1) is 18.0 Å². The van der Waals surface area contributed by atoms with Crippen molar-refractivity contribution < 1.29 is 9.84 Å². The van der Waals surface area contributed by atoms with Gasteiger partial charge in [0.15, 0.2) is 0 Å². The number of anilines is 2. The fourth-order valence-electron chi connectivity index (χ4n) is 2.23. The summed E-state index contributed by atoms with van der Waals surface area (Å²) < 4.78 is 5.80. The Kier molecular flexibility index (Phi) is 3.01.